The molecule has 1 fully saturated rings. The van der Waals surface area contributed by atoms with Crippen molar-refractivity contribution in [2.45, 2.75) is 65.1 Å². The van der Waals surface area contributed by atoms with E-state index in [4.69, 9.17) is 0 Å². The molecule has 3 N–H and O–H groups in total. The summed E-state index contributed by atoms with van der Waals surface area (Å²) in [6.45, 7) is 6.30. The number of fused-ring (bicyclic) bond motifs is 1. The van der Waals surface area contributed by atoms with Gasteiger partial charge in [-0.05, 0) is 58.7 Å². The van der Waals surface area contributed by atoms with Gasteiger partial charge >= 0.3 is 0 Å². The third-order valence-corrected chi connectivity index (χ3v) is 8.80. The van der Waals surface area contributed by atoms with Crippen molar-refractivity contribution in [1.29, 1.82) is 0 Å². The third-order valence-electron chi connectivity index (χ3n) is 8.80. The van der Waals surface area contributed by atoms with E-state index in [1.54, 1.807) is 36.2 Å². The molecule has 0 radical (unpaired) electrons. The average Bonchev–Trinajstić information content (AvgIpc) is 3.47. The zero-order chi connectivity index (χ0) is 32.8. The van der Waals surface area contributed by atoms with E-state index in [0.717, 1.165) is 41.3 Å². The number of piperazine rings is 1. The molecular formula is C37H43N5O4. The number of hydrogen-bond acceptors (Lipinski definition) is 4. The summed E-state index contributed by atoms with van der Waals surface area (Å²) in [7, 11) is 1.75. The number of carbonyl (C=O) groups excluding carboxylic acids is 4. The quantitative estimate of drug-likeness (QED) is 0.220. The van der Waals surface area contributed by atoms with Crippen LogP contribution < -0.4 is 10.6 Å². The van der Waals surface area contributed by atoms with E-state index in [2.05, 4.69) is 48.5 Å². The lowest BCUT2D eigenvalue weighted by Crippen LogP contribution is -2.57. The molecule has 9 nitrogen and oxygen atoms in total. The molecule has 5 rings (SSSR count). The van der Waals surface area contributed by atoms with E-state index in [-0.39, 0.29) is 37.2 Å². The monoisotopic (exact) mass is 621 g/mol. The van der Waals surface area contributed by atoms with Gasteiger partial charge in [-0.25, -0.2) is 0 Å². The number of H-pyrrole nitrogens is 1. The molecule has 0 saturated carbocycles. The topological polar surface area (TPSA) is 115 Å². The Hall–Kier alpha value is -4.92. The second-order valence-corrected chi connectivity index (χ2v) is 11.9. The number of nitrogens with one attached hydrogen (secondary N) is 3. The fourth-order valence-electron chi connectivity index (χ4n) is 6.51. The molecule has 0 spiro atoms. The number of amides is 4. The molecule has 1 saturated heterocycles. The standard InChI is InChI=1S/C37H43N5O4/c1-5-25-17-24(18-26(6-2)29(25)7-3)21-41(4)36(45)32(19-28-20-38-31-16-12-11-15-30(28)31)39-33(43)22-42-23-34(44)40-35(37(42)46)27-13-9-8-10-14-27/h8-18,20,32,35,38H,5-7,19,21-23H2,1-4H3,(H,39,43)(H,40,44). The number of para-hydroxylation sites is 1. The fraction of sp³-hybridized carbons (Fsp3) is 0.351. The molecule has 1 aromatic heterocycles. The zero-order valence-electron chi connectivity index (χ0n) is 27.1. The SMILES string of the molecule is CCc1cc(CN(C)C(=O)C(Cc2c[nH]c3ccccc23)NC(=O)CN2CC(=O)NC(c3ccccc3)C2=O)cc(CC)c1CC. The third kappa shape index (κ3) is 7.14. The molecule has 2 unspecified atom stereocenters. The van der Waals surface area contributed by atoms with Gasteiger partial charge in [-0.2, -0.15) is 0 Å². The van der Waals surface area contributed by atoms with Crippen LogP contribution in [0.2, 0.25) is 0 Å². The van der Waals surface area contributed by atoms with Gasteiger partial charge in [0.25, 0.3) is 5.91 Å². The van der Waals surface area contributed by atoms with Gasteiger partial charge in [0.05, 0.1) is 0 Å². The minimum absolute atomic E-state index is 0.232. The highest BCUT2D eigenvalue weighted by atomic mass is 16.2. The lowest BCUT2D eigenvalue weighted by Gasteiger charge is -2.33. The van der Waals surface area contributed by atoms with Crippen LogP contribution in [0.4, 0.5) is 0 Å². The molecule has 3 aromatic carbocycles. The lowest BCUT2D eigenvalue weighted by atomic mass is 9.92. The number of aromatic nitrogens is 1. The molecule has 4 aromatic rings. The summed E-state index contributed by atoms with van der Waals surface area (Å²) in [5.41, 5.74) is 7.50. The van der Waals surface area contributed by atoms with Crippen molar-refractivity contribution in [2.75, 3.05) is 20.1 Å². The predicted octanol–water partition coefficient (Wildman–Crippen LogP) is 4.24. The van der Waals surface area contributed by atoms with E-state index in [1.165, 1.54) is 21.6 Å². The Balaban J connectivity index is 1.36. The van der Waals surface area contributed by atoms with Crippen molar-refractivity contribution in [3.8, 4) is 0 Å². The maximum Gasteiger partial charge on any atom is 0.250 e. The predicted molar refractivity (Wildman–Crippen MR) is 179 cm³/mol. The normalized spacial score (nSPS) is 15.5. The van der Waals surface area contributed by atoms with Gasteiger partial charge in [-0.3, -0.25) is 19.2 Å². The maximum absolute atomic E-state index is 14.1. The van der Waals surface area contributed by atoms with Gasteiger partial charge in [-0.15, -0.1) is 0 Å². The lowest BCUT2D eigenvalue weighted by molar-refractivity contribution is -0.147. The Bertz CT molecular complexity index is 1710. The van der Waals surface area contributed by atoms with Crippen LogP contribution in [-0.4, -0.2) is 64.6 Å². The van der Waals surface area contributed by atoms with Gasteiger partial charge in [0.15, 0.2) is 0 Å². The van der Waals surface area contributed by atoms with Gasteiger partial charge in [-0.1, -0.05) is 81.4 Å². The number of carbonyl (C=O) groups is 4. The average molecular weight is 622 g/mol. The molecule has 9 heteroatoms. The van der Waals surface area contributed by atoms with Crippen LogP contribution >= 0.6 is 0 Å². The van der Waals surface area contributed by atoms with Gasteiger partial charge in [0.1, 0.15) is 25.2 Å². The van der Waals surface area contributed by atoms with E-state index < -0.39 is 18.0 Å². The second-order valence-electron chi connectivity index (χ2n) is 11.9. The Kier molecular flexibility index (Phi) is 10.2. The Morgan fingerprint density at radius 2 is 1.61 bits per heavy atom. The molecule has 0 aliphatic carbocycles. The first kappa shape index (κ1) is 32.5. The fourth-order valence-corrected chi connectivity index (χ4v) is 6.51. The molecular weight excluding hydrogens is 578 g/mol. The van der Waals surface area contributed by atoms with Crippen LogP contribution in [0.25, 0.3) is 10.9 Å². The van der Waals surface area contributed by atoms with Crippen molar-refractivity contribution in [1.82, 2.24) is 25.4 Å². The van der Waals surface area contributed by atoms with Crippen molar-refractivity contribution in [3.63, 3.8) is 0 Å². The smallest absolute Gasteiger partial charge is 0.250 e. The summed E-state index contributed by atoms with van der Waals surface area (Å²) >= 11 is 0. The maximum atomic E-state index is 14.1. The largest absolute Gasteiger partial charge is 0.361 e. The highest BCUT2D eigenvalue weighted by Gasteiger charge is 2.35. The van der Waals surface area contributed by atoms with Crippen LogP contribution in [0.15, 0.2) is 72.9 Å². The van der Waals surface area contributed by atoms with Crippen molar-refractivity contribution in [3.05, 3.63) is 106 Å². The first-order valence-electron chi connectivity index (χ1n) is 16.1. The van der Waals surface area contributed by atoms with Crippen LogP contribution in [0.5, 0.6) is 0 Å². The Morgan fingerprint density at radius 1 is 0.935 bits per heavy atom. The van der Waals surface area contributed by atoms with Crippen molar-refractivity contribution in [2.24, 2.45) is 0 Å². The van der Waals surface area contributed by atoms with Crippen molar-refractivity contribution >= 4 is 34.5 Å². The highest BCUT2D eigenvalue weighted by molar-refractivity contribution is 5.98. The first-order valence-corrected chi connectivity index (χ1v) is 16.1. The molecule has 240 valence electrons. The molecule has 1 aliphatic heterocycles. The molecule has 1 aliphatic rings. The summed E-state index contributed by atoms with van der Waals surface area (Å²) < 4.78 is 0. The van der Waals surface area contributed by atoms with Crippen LogP contribution in [0.3, 0.4) is 0 Å². The Morgan fingerprint density at radius 3 is 2.28 bits per heavy atom. The molecule has 2 heterocycles. The summed E-state index contributed by atoms with van der Waals surface area (Å²) in [6, 6.07) is 19.4. The minimum atomic E-state index is -0.887. The van der Waals surface area contributed by atoms with E-state index in [1.807, 2.05) is 36.5 Å². The molecule has 4 amide bonds. The summed E-state index contributed by atoms with van der Waals surface area (Å²) in [6.07, 6.45) is 4.92. The number of aryl methyl sites for hydroxylation is 2. The summed E-state index contributed by atoms with van der Waals surface area (Å²) in [5.74, 6) is -1.46. The summed E-state index contributed by atoms with van der Waals surface area (Å²) in [5, 5.41) is 6.62. The number of hydrogen-bond donors (Lipinski definition) is 3. The minimum Gasteiger partial charge on any atom is -0.361 e. The zero-order valence-corrected chi connectivity index (χ0v) is 27.1. The number of likely N-dealkylation sites (N-methyl/N-ethyl adjacent to an activating group) is 1. The molecule has 2 atom stereocenters. The number of benzene rings is 3. The van der Waals surface area contributed by atoms with E-state index in [0.29, 0.717) is 12.1 Å². The summed E-state index contributed by atoms with van der Waals surface area (Å²) in [4.78, 5) is 59.6. The van der Waals surface area contributed by atoms with Crippen LogP contribution in [0, 0.1) is 0 Å². The number of nitrogens with zero attached hydrogens (tertiary/aromatic N) is 2. The van der Waals surface area contributed by atoms with Gasteiger partial charge in [0.2, 0.25) is 17.7 Å². The highest BCUT2D eigenvalue weighted by Crippen LogP contribution is 2.23. The second kappa shape index (κ2) is 14.5. The van der Waals surface area contributed by atoms with Crippen LogP contribution in [0.1, 0.15) is 60.2 Å². The molecule has 46 heavy (non-hydrogen) atoms. The molecule has 0 bridgehead atoms. The Labute approximate surface area is 270 Å². The van der Waals surface area contributed by atoms with Crippen molar-refractivity contribution < 1.29 is 19.2 Å². The van der Waals surface area contributed by atoms with Crippen LogP contribution in [-0.2, 0) is 51.4 Å². The van der Waals surface area contributed by atoms with Gasteiger partial charge < -0.3 is 25.4 Å². The van der Waals surface area contributed by atoms with E-state index in [9.17, 15) is 19.2 Å². The van der Waals surface area contributed by atoms with Gasteiger partial charge in [0, 0.05) is 37.1 Å². The number of rotatable bonds is 12. The first-order chi connectivity index (χ1) is 22.2. The number of aromatic amines is 1. The van der Waals surface area contributed by atoms with E-state index >= 15 is 0 Å².